The summed E-state index contributed by atoms with van der Waals surface area (Å²) in [7, 11) is -4.41. The van der Waals surface area contributed by atoms with E-state index in [-0.39, 0.29) is 25.3 Å². The Morgan fingerprint density at radius 2 is 2.00 bits per heavy atom. The second-order valence-electron chi connectivity index (χ2n) is 9.19. The van der Waals surface area contributed by atoms with Gasteiger partial charge < -0.3 is 14.6 Å². The Kier molecular flexibility index (Phi) is 7.90. The topological polar surface area (TPSA) is 140 Å². The number of carbonyl (C=O) groups is 1. The second-order valence-corrected chi connectivity index (χ2v) is 11.1. The Morgan fingerprint density at radius 3 is 2.55 bits per heavy atom. The van der Waals surface area contributed by atoms with Crippen molar-refractivity contribution in [2.75, 3.05) is 26.3 Å². The van der Waals surface area contributed by atoms with Gasteiger partial charge in [0.15, 0.2) is 4.90 Å². The monoisotopic (exact) mass is 485 g/mol. The molecule has 1 aliphatic rings. The van der Waals surface area contributed by atoms with E-state index < -0.39 is 55.6 Å². The minimum atomic E-state index is -4.41. The highest BCUT2D eigenvalue weighted by atomic mass is 32.2. The average molecular weight is 486 g/mol. The van der Waals surface area contributed by atoms with Crippen molar-refractivity contribution >= 4 is 21.8 Å². The predicted octanol–water partition coefficient (Wildman–Crippen LogP) is 2.51. The molecule has 184 valence electrons. The molecule has 0 spiro atoms. The number of hydrogen-bond donors (Lipinski definition) is 1. The van der Waals surface area contributed by atoms with Gasteiger partial charge in [0, 0.05) is 19.2 Å². The molecule has 1 saturated heterocycles. The predicted molar refractivity (Wildman–Crippen MR) is 120 cm³/mol. The third-order valence-corrected chi connectivity index (χ3v) is 6.74. The largest absolute Gasteiger partial charge is 0.444 e. The van der Waals surface area contributed by atoms with Crippen molar-refractivity contribution in [2.24, 2.45) is 0 Å². The average Bonchev–Trinajstić information content (AvgIpc) is 2.99. The Bertz CT molecular complexity index is 1020. The molecule has 2 rings (SSSR count). The highest BCUT2D eigenvalue weighted by Gasteiger charge is 2.47. The van der Waals surface area contributed by atoms with E-state index in [4.69, 9.17) is 9.47 Å². The fourth-order valence-electron chi connectivity index (χ4n) is 3.45. The van der Waals surface area contributed by atoms with E-state index >= 15 is 0 Å². The van der Waals surface area contributed by atoms with Crippen LogP contribution in [0.4, 0.5) is 10.5 Å². The van der Waals surface area contributed by atoms with Gasteiger partial charge in [-0.25, -0.2) is 13.2 Å². The van der Waals surface area contributed by atoms with Crippen LogP contribution in [0.1, 0.15) is 34.6 Å². The fourth-order valence-corrected chi connectivity index (χ4v) is 5.10. The number of benzene rings is 1. The molecule has 1 N–H and O–H groups in total. The standard InChI is InChI=1S/C21H31N3O8S/c1-15(13-25)11-22(33(29,30)18-10-8-7-9-17(18)24(27)28)12-16-14-31-21(5,6)23(16)19(26)32-20(2,3)4/h7-10,16,25H,1,11-14H2,2-6H3. The van der Waals surface area contributed by atoms with Crippen LogP contribution >= 0.6 is 0 Å². The van der Waals surface area contributed by atoms with Gasteiger partial charge in [-0.2, -0.15) is 4.31 Å². The summed E-state index contributed by atoms with van der Waals surface area (Å²) in [6, 6.07) is 4.24. The maximum absolute atomic E-state index is 13.5. The van der Waals surface area contributed by atoms with Crippen LogP contribution in [0.5, 0.6) is 0 Å². The molecule has 12 heteroatoms. The van der Waals surface area contributed by atoms with E-state index in [1.54, 1.807) is 34.6 Å². The third-order valence-electron chi connectivity index (χ3n) is 4.88. The lowest BCUT2D eigenvalue weighted by atomic mass is 10.2. The van der Waals surface area contributed by atoms with Crippen LogP contribution in [0.25, 0.3) is 0 Å². The highest BCUT2D eigenvalue weighted by Crippen LogP contribution is 2.32. The Morgan fingerprint density at radius 1 is 1.39 bits per heavy atom. The summed E-state index contributed by atoms with van der Waals surface area (Å²) in [4.78, 5) is 24.4. The van der Waals surface area contributed by atoms with Crippen LogP contribution in [0.15, 0.2) is 41.3 Å². The highest BCUT2D eigenvalue weighted by molar-refractivity contribution is 7.89. The molecule has 0 aromatic heterocycles. The number of amides is 1. The van der Waals surface area contributed by atoms with Gasteiger partial charge in [-0.1, -0.05) is 18.7 Å². The van der Waals surface area contributed by atoms with Crippen molar-refractivity contribution in [3.63, 3.8) is 0 Å². The maximum Gasteiger partial charge on any atom is 0.412 e. The van der Waals surface area contributed by atoms with Crippen molar-refractivity contribution in [1.29, 1.82) is 0 Å². The number of nitro groups is 1. The van der Waals surface area contributed by atoms with Crippen molar-refractivity contribution in [3.05, 3.63) is 46.5 Å². The van der Waals surface area contributed by atoms with E-state index in [1.807, 2.05) is 0 Å². The number of sulfonamides is 1. The molecule has 0 bridgehead atoms. The number of para-hydroxylation sites is 1. The van der Waals surface area contributed by atoms with Crippen LogP contribution in [0.3, 0.4) is 0 Å². The molecular formula is C21H31N3O8S. The van der Waals surface area contributed by atoms with Gasteiger partial charge in [0.2, 0.25) is 10.0 Å². The molecule has 1 atom stereocenters. The molecule has 1 aromatic carbocycles. The van der Waals surface area contributed by atoms with Gasteiger partial charge in [-0.15, -0.1) is 0 Å². The first-order valence-electron chi connectivity index (χ1n) is 10.3. The van der Waals surface area contributed by atoms with Crippen molar-refractivity contribution in [3.8, 4) is 0 Å². The number of aliphatic hydroxyl groups is 1. The molecule has 33 heavy (non-hydrogen) atoms. The maximum atomic E-state index is 13.5. The number of ether oxygens (including phenoxy) is 2. The van der Waals surface area contributed by atoms with Crippen molar-refractivity contribution in [1.82, 2.24) is 9.21 Å². The molecule has 1 unspecified atom stereocenters. The Labute approximate surface area is 193 Å². The molecule has 1 amide bonds. The van der Waals surface area contributed by atoms with Gasteiger partial charge >= 0.3 is 6.09 Å². The summed E-state index contributed by atoms with van der Waals surface area (Å²) in [5, 5.41) is 20.9. The van der Waals surface area contributed by atoms with E-state index in [0.29, 0.717) is 0 Å². The van der Waals surface area contributed by atoms with Gasteiger partial charge in [0.25, 0.3) is 5.69 Å². The van der Waals surface area contributed by atoms with Crippen LogP contribution < -0.4 is 0 Å². The first-order valence-corrected chi connectivity index (χ1v) is 11.7. The van der Waals surface area contributed by atoms with Crippen LogP contribution in [0.2, 0.25) is 0 Å². The normalized spacial score (nSPS) is 18.4. The second kappa shape index (κ2) is 9.75. The van der Waals surface area contributed by atoms with E-state index in [1.165, 1.54) is 17.0 Å². The quantitative estimate of drug-likeness (QED) is 0.337. The Balaban J connectivity index is 2.47. The lowest BCUT2D eigenvalue weighted by molar-refractivity contribution is -0.387. The van der Waals surface area contributed by atoms with E-state index in [2.05, 4.69) is 6.58 Å². The molecule has 1 aromatic rings. The summed E-state index contributed by atoms with van der Waals surface area (Å²) in [6.07, 6.45) is -0.681. The van der Waals surface area contributed by atoms with Crippen LogP contribution in [0, 0.1) is 10.1 Å². The SMILES string of the molecule is C=C(CO)CN(CC1COC(C)(C)N1C(=O)OC(C)(C)C)S(=O)(=O)c1ccccc1[N+](=O)[O-]. The zero-order valence-corrected chi connectivity index (χ0v) is 20.3. The van der Waals surface area contributed by atoms with Crippen molar-refractivity contribution in [2.45, 2.75) is 56.9 Å². The van der Waals surface area contributed by atoms with Gasteiger partial charge in [0.05, 0.1) is 24.2 Å². The smallest absolute Gasteiger partial charge is 0.412 e. The van der Waals surface area contributed by atoms with Crippen LogP contribution in [-0.2, 0) is 19.5 Å². The molecule has 1 fully saturated rings. The van der Waals surface area contributed by atoms with Gasteiger partial charge in [0.1, 0.15) is 11.3 Å². The molecule has 1 aliphatic heterocycles. The lowest BCUT2D eigenvalue weighted by Crippen LogP contribution is -2.53. The number of aliphatic hydroxyl groups excluding tert-OH is 1. The zero-order chi connectivity index (χ0) is 25.2. The molecule has 0 aliphatic carbocycles. The van der Waals surface area contributed by atoms with Crippen molar-refractivity contribution < 1.29 is 32.7 Å². The summed E-state index contributed by atoms with van der Waals surface area (Å²) >= 11 is 0. The number of nitrogens with zero attached hydrogens (tertiary/aromatic N) is 3. The summed E-state index contributed by atoms with van der Waals surface area (Å²) < 4.78 is 39.2. The van der Waals surface area contributed by atoms with Crippen LogP contribution in [-0.4, -0.2) is 77.4 Å². The Hall–Kier alpha value is -2.54. The third kappa shape index (κ3) is 6.28. The number of carbonyl (C=O) groups excluding carboxylic acids is 1. The summed E-state index contributed by atoms with van der Waals surface area (Å²) in [5.74, 6) is 0. The van der Waals surface area contributed by atoms with E-state index in [0.717, 1.165) is 16.4 Å². The molecular weight excluding hydrogens is 454 g/mol. The van der Waals surface area contributed by atoms with Gasteiger partial charge in [-0.3, -0.25) is 15.0 Å². The molecule has 0 saturated carbocycles. The summed E-state index contributed by atoms with van der Waals surface area (Å²) in [5.41, 5.74) is -2.26. The number of rotatable bonds is 8. The molecule has 1 heterocycles. The molecule has 11 nitrogen and oxygen atoms in total. The summed E-state index contributed by atoms with van der Waals surface area (Å²) in [6.45, 7) is 11.1. The molecule has 0 radical (unpaired) electrons. The minimum absolute atomic E-state index is 0.0146. The lowest BCUT2D eigenvalue weighted by Gasteiger charge is -2.36. The number of nitro benzene ring substituents is 1. The minimum Gasteiger partial charge on any atom is -0.444 e. The first-order chi connectivity index (χ1) is 15.1. The zero-order valence-electron chi connectivity index (χ0n) is 19.5. The number of hydrogen-bond acceptors (Lipinski definition) is 8. The fraction of sp³-hybridized carbons (Fsp3) is 0.571. The van der Waals surface area contributed by atoms with Gasteiger partial charge in [-0.05, 0) is 46.3 Å². The van der Waals surface area contributed by atoms with E-state index in [9.17, 15) is 28.4 Å². The first kappa shape index (κ1) is 26.7.